The number of aryl methyl sites for hydroxylation is 2. The topological polar surface area (TPSA) is 12.9 Å². The lowest BCUT2D eigenvalue weighted by atomic mass is 10.2. The fourth-order valence-corrected chi connectivity index (χ4v) is 0.494. The van der Waals surface area contributed by atoms with E-state index in [0.717, 1.165) is 0 Å². The highest BCUT2D eigenvalue weighted by Gasteiger charge is 1.85. The molecule has 0 bridgehead atoms. The molecule has 1 heteroatoms. The Bertz CT molecular complexity index is 160. The molecule has 0 saturated heterocycles. The fraction of sp³-hybridized carbons (Fsp3) is 0.286. The third-order valence-corrected chi connectivity index (χ3v) is 1.22. The van der Waals surface area contributed by atoms with Crippen LogP contribution in [-0.4, -0.2) is 4.98 Å². The fourth-order valence-electron chi connectivity index (χ4n) is 0.494. The Labute approximate surface area is 49.4 Å². The highest BCUT2D eigenvalue weighted by molar-refractivity contribution is 5.17. The normalized spacial score (nSPS) is 9.25. The maximum atomic E-state index is 3.89. The van der Waals surface area contributed by atoms with Crippen LogP contribution in [0.1, 0.15) is 11.1 Å². The highest BCUT2D eigenvalue weighted by Crippen LogP contribution is 1.99. The average molecular weight is 106 g/mol. The first-order valence-corrected chi connectivity index (χ1v) is 2.59. The van der Waals surface area contributed by atoms with Crippen LogP contribution in [0.5, 0.6) is 0 Å². The van der Waals surface area contributed by atoms with Gasteiger partial charge >= 0.3 is 0 Å². The summed E-state index contributed by atoms with van der Waals surface area (Å²) in [5, 5.41) is 0. The molecular formula is C7H8N. The van der Waals surface area contributed by atoms with E-state index in [4.69, 9.17) is 0 Å². The van der Waals surface area contributed by atoms with Crippen molar-refractivity contribution in [3.8, 4) is 0 Å². The molecule has 0 saturated carbocycles. The van der Waals surface area contributed by atoms with Gasteiger partial charge in [-0.25, -0.2) is 0 Å². The van der Waals surface area contributed by atoms with Crippen molar-refractivity contribution in [3.63, 3.8) is 0 Å². The molecule has 41 valence electrons. The van der Waals surface area contributed by atoms with Gasteiger partial charge in [0.15, 0.2) is 0 Å². The lowest BCUT2D eigenvalue weighted by Gasteiger charge is -1.91. The van der Waals surface area contributed by atoms with Crippen molar-refractivity contribution in [2.75, 3.05) is 0 Å². The van der Waals surface area contributed by atoms with E-state index >= 15 is 0 Å². The number of pyridine rings is 1. The van der Waals surface area contributed by atoms with Crippen LogP contribution in [0.3, 0.4) is 0 Å². The molecule has 8 heavy (non-hydrogen) atoms. The molecular weight excluding hydrogens is 98.1 g/mol. The summed E-state index contributed by atoms with van der Waals surface area (Å²) in [6.07, 6.45) is 3.52. The molecule has 0 aliphatic rings. The third-order valence-electron chi connectivity index (χ3n) is 1.22. The van der Waals surface area contributed by atoms with Gasteiger partial charge in [-0.1, -0.05) is 0 Å². The van der Waals surface area contributed by atoms with Crippen LogP contribution >= 0.6 is 0 Å². The molecule has 1 aromatic heterocycles. The number of nitrogens with zero attached hydrogens (tertiary/aromatic N) is 1. The van der Waals surface area contributed by atoms with Gasteiger partial charge in [-0.2, -0.15) is 0 Å². The Balaban J connectivity index is 3.13. The van der Waals surface area contributed by atoms with Gasteiger partial charge in [0.1, 0.15) is 0 Å². The van der Waals surface area contributed by atoms with Crippen LogP contribution in [0.2, 0.25) is 0 Å². The summed E-state index contributed by atoms with van der Waals surface area (Å²) in [6.45, 7) is 4.05. The summed E-state index contributed by atoms with van der Waals surface area (Å²) in [7, 11) is 0. The summed E-state index contributed by atoms with van der Waals surface area (Å²) in [4.78, 5) is 3.89. The predicted molar refractivity (Wildman–Crippen MR) is 32.5 cm³/mol. The van der Waals surface area contributed by atoms with Gasteiger partial charge in [-0.15, -0.1) is 0 Å². The Kier molecular flexibility index (Phi) is 1.29. The van der Waals surface area contributed by atoms with Crippen molar-refractivity contribution in [2.45, 2.75) is 13.8 Å². The van der Waals surface area contributed by atoms with Crippen LogP contribution < -0.4 is 0 Å². The Morgan fingerprint density at radius 2 is 2.25 bits per heavy atom. The summed E-state index contributed by atoms with van der Waals surface area (Å²) in [6, 6.07) is 2.99. The molecule has 1 radical (unpaired) electrons. The van der Waals surface area contributed by atoms with E-state index in [1.807, 2.05) is 20.0 Å². The first-order valence-electron chi connectivity index (χ1n) is 2.59. The van der Waals surface area contributed by atoms with Crippen molar-refractivity contribution in [1.82, 2.24) is 4.98 Å². The van der Waals surface area contributed by atoms with Crippen molar-refractivity contribution >= 4 is 0 Å². The second kappa shape index (κ2) is 1.95. The smallest absolute Gasteiger partial charge is 0.0349 e. The van der Waals surface area contributed by atoms with Gasteiger partial charge in [0.05, 0.1) is 0 Å². The van der Waals surface area contributed by atoms with Crippen molar-refractivity contribution in [2.24, 2.45) is 0 Å². The van der Waals surface area contributed by atoms with Gasteiger partial charge in [0, 0.05) is 18.5 Å². The monoisotopic (exact) mass is 106 g/mol. The van der Waals surface area contributed by atoms with Gasteiger partial charge < -0.3 is 0 Å². The van der Waals surface area contributed by atoms with Gasteiger partial charge in [-0.05, 0) is 25.0 Å². The summed E-state index contributed by atoms with van der Waals surface area (Å²) >= 11 is 0. The standard InChI is InChI=1S/C7H8N/c1-6-3-4-8-5-7(6)2/h4-5H,1-2H3. The quantitative estimate of drug-likeness (QED) is 0.488. The van der Waals surface area contributed by atoms with Gasteiger partial charge in [0.25, 0.3) is 0 Å². The SMILES string of the molecule is Cc1[c]cncc1C. The Morgan fingerprint density at radius 1 is 1.50 bits per heavy atom. The first kappa shape index (κ1) is 5.29. The molecule has 1 rings (SSSR count). The molecule has 1 aromatic rings. The van der Waals surface area contributed by atoms with Crippen LogP contribution in [0.4, 0.5) is 0 Å². The molecule has 0 unspecified atom stereocenters. The summed E-state index contributed by atoms with van der Waals surface area (Å²) in [5.74, 6) is 0. The summed E-state index contributed by atoms with van der Waals surface area (Å²) < 4.78 is 0. The van der Waals surface area contributed by atoms with E-state index in [-0.39, 0.29) is 0 Å². The van der Waals surface area contributed by atoms with Crippen molar-refractivity contribution < 1.29 is 0 Å². The second-order valence-electron chi connectivity index (χ2n) is 1.86. The zero-order valence-corrected chi connectivity index (χ0v) is 5.10. The average Bonchev–Trinajstić information content (AvgIpc) is 1.77. The maximum Gasteiger partial charge on any atom is 0.0349 e. The molecule has 0 fully saturated rings. The minimum absolute atomic E-state index is 1.18. The van der Waals surface area contributed by atoms with E-state index in [0.29, 0.717) is 0 Å². The maximum absolute atomic E-state index is 3.89. The lowest BCUT2D eigenvalue weighted by molar-refractivity contribution is 1.21. The zero-order chi connectivity index (χ0) is 5.98. The number of hydrogen-bond donors (Lipinski definition) is 0. The van der Waals surface area contributed by atoms with E-state index in [1.54, 1.807) is 6.20 Å². The molecule has 0 aliphatic heterocycles. The predicted octanol–water partition coefficient (Wildman–Crippen LogP) is 1.50. The molecule has 0 aliphatic carbocycles. The highest BCUT2D eigenvalue weighted by atomic mass is 14.6. The number of rotatable bonds is 0. The molecule has 0 amide bonds. The Hall–Kier alpha value is -0.850. The molecule has 0 spiro atoms. The van der Waals surface area contributed by atoms with Crippen LogP contribution in [0.15, 0.2) is 12.4 Å². The largest absolute Gasteiger partial charge is 0.264 e. The third kappa shape index (κ3) is 0.861. The molecule has 0 aromatic carbocycles. The lowest BCUT2D eigenvalue weighted by Crippen LogP contribution is -1.79. The molecule has 0 atom stereocenters. The van der Waals surface area contributed by atoms with Crippen LogP contribution in [0, 0.1) is 19.9 Å². The van der Waals surface area contributed by atoms with Crippen LogP contribution in [0.25, 0.3) is 0 Å². The van der Waals surface area contributed by atoms with E-state index < -0.39 is 0 Å². The minimum atomic E-state index is 1.18. The van der Waals surface area contributed by atoms with E-state index in [9.17, 15) is 0 Å². The zero-order valence-electron chi connectivity index (χ0n) is 5.10. The van der Waals surface area contributed by atoms with Crippen LogP contribution in [-0.2, 0) is 0 Å². The Morgan fingerprint density at radius 3 is 2.62 bits per heavy atom. The molecule has 1 heterocycles. The number of aromatic nitrogens is 1. The van der Waals surface area contributed by atoms with E-state index in [2.05, 4.69) is 11.1 Å². The number of hydrogen-bond acceptors (Lipinski definition) is 1. The first-order chi connectivity index (χ1) is 3.80. The van der Waals surface area contributed by atoms with Gasteiger partial charge in [-0.3, -0.25) is 4.98 Å². The molecule has 0 N–H and O–H groups in total. The van der Waals surface area contributed by atoms with Crippen molar-refractivity contribution in [3.05, 3.63) is 29.6 Å². The minimum Gasteiger partial charge on any atom is -0.264 e. The molecule has 1 nitrogen and oxygen atoms in total. The second-order valence-corrected chi connectivity index (χ2v) is 1.86. The summed E-state index contributed by atoms with van der Waals surface area (Å²) in [5.41, 5.74) is 2.38. The van der Waals surface area contributed by atoms with Crippen molar-refractivity contribution in [1.29, 1.82) is 0 Å². The van der Waals surface area contributed by atoms with Gasteiger partial charge in [0.2, 0.25) is 0 Å². The van der Waals surface area contributed by atoms with E-state index in [1.165, 1.54) is 11.1 Å².